The van der Waals surface area contributed by atoms with E-state index in [-0.39, 0.29) is 21.6 Å². The highest BCUT2D eigenvalue weighted by atomic mass is 79.9. The molecule has 2 rings (SSSR count). The summed E-state index contributed by atoms with van der Waals surface area (Å²) in [5.41, 5.74) is 5.36. The molecule has 0 saturated carbocycles. The van der Waals surface area contributed by atoms with Crippen LogP contribution in [0.2, 0.25) is 0 Å². The van der Waals surface area contributed by atoms with Crippen molar-refractivity contribution in [2.75, 3.05) is 5.73 Å². The van der Waals surface area contributed by atoms with Crippen LogP contribution in [0.15, 0.2) is 44.3 Å². The molecule has 0 aliphatic carbocycles. The quantitative estimate of drug-likeness (QED) is 0.829. The number of rotatable bonds is 4. The predicted octanol–water partition coefficient (Wildman–Crippen LogP) is 2.24. The minimum atomic E-state index is -3.84. The molecule has 0 saturated heterocycles. The van der Waals surface area contributed by atoms with Crippen molar-refractivity contribution in [3.63, 3.8) is 0 Å². The van der Waals surface area contributed by atoms with E-state index in [0.29, 0.717) is 5.76 Å². The van der Waals surface area contributed by atoms with Crippen molar-refractivity contribution in [1.82, 2.24) is 4.72 Å². The summed E-state index contributed by atoms with van der Waals surface area (Å²) < 4.78 is 44.6. The van der Waals surface area contributed by atoms with Crippen LogP contribution in [0.3, 0.4) is 0 Å². The lowest BCUT2D eigenvalue weighted by Gasteiger charge is -2.09. The summed E-state index contributed by atoms with van der Waals surface area (Å²) in [5, 5.41) is 0. The van der Waals surface area contributed by atoms with Gasteiger partial charge in [0.25, 0.3) is 0 Å². The van der Waals surface area contributed by atoms with Gasteiger partial charge in [-0.1, -0.05) is 0 Å². The summed E-state index contributed by atoms with van der Waals surface area (Å²) >= 11 is 2.92. The van der Waals surface area contributed by atoms with Crippen LogP contribution in [0.25, 0.3) is 0 Å². The van der Waals surface area contributed by atoms with Gasteiger partial charge in [-0.2, -0.15) is 0 Å². The Morgan fingerprint density at radius 2 is 2.16 bits per heavy atom. The molecule has 1 heterocycles. The highest BCUT2D eigenvalue weighted by Crippen LogP contribution is 2.26. The molecule has 1 aromatic heterocycles. The summed E-state index contributed by atoms with van der Waals surface area (Å²) in [6.07, 6.45) is 1.44. The first-order chi connectivity index (χ1) is 8.90. The van der Waals surface area contributed by atoms with Crippen LogP contribution in [0.5, 0.6) is 0 Å². The van der Waals surface area contributed by atoms with Gasteiger partial charge >= 0.3 is 0 Å². The fourth-order valence-corrected chi connectivity index (χ4v) is 3.06. The predicted molar refractivity (Wildman–Crippen MR) is 71.2 cm³/mol. The van der Waals surface area contributed by atoms with Crippen LogP contribution in [-0.2, 0) is 16.6 Å². The molecule has 0 atom stereocenters. The average Bonchev–Trinajstić information content (AvgIpc) is 2.84. The Bertz CT molecular complexity index is 686. The van der Waals surface area contributed by atoms with E-state index < -0.39 is 15.8 Å². The molecule has 0 radical (unpaired) electrons. The number of hydrogen-bond acceptors (Lipinski definition) is 4. The largest absolute Gasteiger partial charge is 0.468 e. The SMILES string of the molecule is Nc1cc(F)c(Br)cc1S(=O)(=O)NCc1ccco1. The summed E-state index contributed by atoms with van der Waals surface area (Å²) in [6.45, 7) is -0.0101. The minimum absolute atomic E-state index is 0.0101. The number of anilines is 1. The van der Waals surface area contributed by atoms with E-state index in [1.807, 2.05) is 0 Å². The van der Waals surface area contributed by atoms with Gasteiger partial charge in [0.2, 0.25) is 10.0 Å². The first kappa shape index (κ1) is 14.0. The maximum atomic E-state index is 13.2. The highest BCUT2D eigenvalue weighted by Gasteiger charge is 2.19. The first-order valence-electron chi connectivity index (χ1n) is 5.17. The Morgan fingerprint density at radius 3 is 2.79 bits per heavy atom. The van der Waals surface area contributed by atoms with Gasteiger partial charge in [-0.05, 0) is 40.2 Å². The molecule has 1 aromatic carbocycles. The number of halogens is 2. The van der Waals surface area contributed by atoms with Crippen molar-refractivity contribution < 1.29 is 17.2 Å². The lowest BCUT2D eigenvalue weighted by atomic mass is 10.3. The lowest BCUT2D eigenvalue weighted by molar-refractivity contribution is 0.498. The summed E-state index contributed by atoms with van der Waals surface area (Å²) in [5.74, 6) is -0.161. The number of furan rings is 1. The molecule has 0 aliphatic rings. The molecule has 19 heavy (non-hydrogen) atoms. The van der Waals surface area contributed by atoms with Crippen LogP contribution in [0, 0.1) is 5.82 Å². The monoisotopic (exact) mass is 348 g/mol. The number of nitrogens with two attached hydrogens (primary N) is 1. The van der Waals surface area contributed by atoms with E-state index in [2.05, 4.69) is 20.7 Å². The van der Waals surface area contributed by atoms with Crippen LogP contribution >= 0.6 is 15.9 Å². The maximum Gasteiger partial charge on any atom is 0.243 e. The summed E-state index contributed by atoms with van der Waals surface area (Å²) in [4.78, 5) is -0.188. The number of benzene rings is 1. The molecular weight excluding hydrogens is 339 g/mol. The second kappa shape index (κ2) is 5.32. The van der Waals surface area contributed by atoms with Crippen molar-refractivity contribution in [2.24, 2.45) is 0 Å². The van der Waals surface area contributed by atoms with Gasteiger partial charge in [0, 0.05) is 0 Å². The van der Waals surface area contributed by atoms with E-state index in [1.54, 1.807) is 12.1 Å². The molecule has 8 heteroatoms. The second-order valence-electron chi connectivity index (χ2n) is 3.71. The number of sulfonamides is 1. The Balaban J connectivity index is 2.27. The average molecular weight is 349 g/mol. The van der Waals surface area contributed by atoms with Gasteiger partial charge in [-0.25, -0.2) is 17.5 Å². The molecule has 102 valence electrons. The Morgan fingerprint density at radius 1 is 1.42 bits per heavy atom. The third-order valence-corrected chi connectivity index (χ3v) is 4.42. The van der Waals surface area contributed by atoms with Crippen molar-refractivity contribution in [3.05, 3.63) is 46.6 Å². The van der Waals surface area contributed by atoms with Crippen molar-refractivity contribution in [2.45, 2.75) is 11.4 Å². The third-order valence-electron chi connectivity index (χ3n) is 2.36. The zero-order valence-corrected chi connectivity index (χ0v) is 12.0. The van der Waals surface area contributed by atoms with E-state index in [4.69, 9.17) is 10.2 Å². The van der Waals surface area contributed by atoms with Gasteiger partial charge < -0.3 is 10.2 Å². The van der Waals surface area contributed by atoms with E-state index in [9.17, 15) is 12.8 Å². The molecule has 0 amide bonds. The minimum Gasteiger partial charge on any atom is -0.468 e. The zero-order chi connectivity index (χ0) is 14.0. The smallest absolute Gasteiger partial charge is 0.243 e. The molecule has 3 N–H and O–H groups in total. The van der Waals surface area contributed by atoms with Crippen LogP contribution in [0.4, 0.5) is 10.1 Å². The fraction of sp³-hybridized carbons (Fsp3) is 0.0909. The van der Waals surface area contributed by atoms with Gasteiger partial charge in [0.05, 0.1) is 23.0 Å². The normalized spacial score (nSPS) is 11.7. The van der Waals surface area contributed by atoms with E-state index in [1.165, 1.54) is 6.26 Å². The van der Waals surface area contributed by atoms with Crippen LogP contribution < -0.4 is 10.5 Å². The number of nitrogens with one attached hydrogen (secondary N) is 1. The molecule has 2 aromatic rings. The Labute approximate surface area is 117 Å². The van der Waals surface area contributed by atoms with Gasteiger partial charge in [0.1, 0.15) is 16.5 Å². The maximum absolute atomic E-state index is 13.2. The van der Waals surface area contributed by atoms with Crippen molar-refractivity contribution >= 4 is 31.6 Å². The lowest BCUT2D eigenvalue weighted by Crippen LogP contribution is -2.24. The van der Waals surface area contributed by atoms with Gasteiger partial charge in [-0.3, -0.25) is 0 Å². The van der Waals surface area contributed by atoms with Crippen molar-refractivity contribution in [3.8, 4) is 0 Å². The second-order valence-corrected chi connectivity index (χ2v) is 6.30. The molecule has 0 unspecified atom stereocenters. The number of hydrogen-bond donors (Lipinski definition) is 2. The van der Waals surface area contributed by atoms with Gasteiger partial charge in [-0.15, -0.1) is 0 Å². The summed E-state index contributed by atoms with van der Waals surface area (Å²) in [6, 6.07) is 5.35. The van der Waals surface area contributed by atoms with Crippen LogP contribution in [-0.4, -0.2) is 8.42 Å². The fourth-order valence-electron chi connectivity index (χ4n) is 1.43. The molecular formula is C11H10BrFN2O3S. The van der Waals surface area contributed by atoms with Crippen LogP contribution in [0.1, 0.15) is 5.76 Å². The third kappa shape index (κ3) is 3.14. The zero-order valence-electron chi connectivity index (χ0n) is 9.56. The molecule has 0 bridgehead atoms. The molecule has 0 spiro atoms. The topological polar surface area (TPSA) is 85.3 Å². The molecule has 0 fully saturated rings. The molecule has 5 nitrogen and oxygen atoms in total. The highest BCUT2D eigenvalue weighted by molar-refractivity contribution is 9.10. The standard InChI is InChI=1S/C11H10BrFN2O3S/c12-8-4-11(10(14)5-9(8)13)19(16,17)15-6-7-2-1-3-18-7/h1-5,15H,6,14H2. The first-order valence-corrected chi connectivity index (χ1v) is 7.44. The number of nitrogen functional groups attached to an aromatic ring is 1. The van der Waals surface area contributed by atoms with Crippen molar-refractivity contribution in [1.29, 1.82) is 0 Å². The Kier molecular flexibility index (Phi) is 3.93. The summed E-state index contributed by atoms with van der Waals surface area (Å²) in [7, 11) is -3.84. The Hall–Kier alpha value is -1.38. The van der Waals surface area contributed by atoms with Gasteiger partial charge in [0.15, 0.2) is 0 Å². The van der Waals surface area contributed by atoms with E-state index >= 15 is 0 Å². The molecule has 0 aliphatic heterocycles. The van der Waals surface area contributed by atoms with E-state index in [0.717, 1.165) is 12.1 Å².